The molecule has 0 radical (unpaired) electrons. The Hall–Kier alpha value is -3.40. The minimum Gasteiger partial charge on any atom is -0.481 e. The molecule has 0 atom stereocenters. The van der Waals surface area contributed by atoms with Gasteiger partial charge in [-0.2, -0.15) is 5.10 Å². The number of likely N-dealkylation sites (tertiary alicyclic amines) is 1. The van der Waals surface area contributed by atoms with Crippen LogP contribution in [0.15, 0.2) is 24.5 Å². The normalized spacial score (nSPS) is 14.4. The number of halogens is 1. The van der Waals surface area contributed by atoms with Gasteiger partial charge in [0, 0.05) is 43.9 Å². The third-order valence-corrected chi connectivity index (χ3v) is 5.81. The van der Waals surface area contributed by atoms with E-state index in [0.717, 1.165) is 5.69 Å². The number of aromatic nitrogens is 5. The van der Waals surface area contributed by atoms with Crippen molar-refractivity contribution in [2.45, 2.75) is 19.8 Å². The smallest absolute Gasteiger partial charge is 0.274 e. The number of carbonyl (C=O) groups is 2. The summed E-state index contributed by atoms with van der Waals surface area (Å²) >= 11 is 6.23. The fourth-order valence-electron chi connectivity index (χ4n) is 3.76. The van der Waals surface area contributed by atoms with E-state index in [4.69, 9.17) is 16.3 Å². The molecule has 0 aliphatic carbocycles. The summed E-state index contributed by atoms with van der Waals surface area (Å²) in [6.45, 7) is 2.82. The van der Waals surface area contributed by atoms with E-state index in [1.807, 2.05) is 20.2 Å². The average Bonchev–Trinajstić information content (AvgIpc) is 3.40. The lowest BCUT2D eigenvalue weighted by molar-refractivity contribution is -0.121. The third kappa shape index (κ3) is 4.45. The maximum absolute atomic E-state index is 12.9. The standard InChI is InChI=1S/C21H24ClN7O3/c1-12-11-28(2)21(24-12)25-19(30)13-4-6-29(7-5-13)20(31)17-9-16(26-27-17)14-8-18(32-3)23-10-15(14)22/h8-11,13H,4-7H2,1-3H3,(H,26,27)(H,24,25,30). The van der Waals surface area contributed by atoms with Gasteiger partial charge in [0.2, 0.25) is 17.7 Å². The predicted molar refractivity (Wildman–Crippen MR) is 119 cm³/mol. The van der Waals surface area contributed by atoms with Gasteiger partial charge in [0.05, 0.1) is 29.7 Å². The van der Waals surface area contributed by atoms with Crippen molar-refractivity contribution in [3.8, 4) is 17.1 Å². The molecule has 168 valence electrons. The highest BCUT2D eigenvalue weighted by Gasteiger charge is 2.29. The molecule has 2 amide bonds. The van der Waals surface area contributed by atoms with Crippen molar-refractivity contribution in [3.63, 3.8) is 0 Å². The van der Waals surface area contributed by atoms with Gasteiger partial charge >= 0.3 is 0 Å². The molecule has 1 saturated heterocycles. The lowest BCUT2D eigenvalue weighted by Crippen LogP contribution is -2.41. The summed E-state index contributed by atoms with van der Waals surface area (Å²) in [6.07, 6.45) is 4.49. The number of imidazole rings is 1. The van der Waals surface area contributed by atoms with Crippen LogP contribution in [0.3, 0.4) is 0 Å². The number of aromatic amines is 1. The molecule has 3 aromatic heterocycles. The molecule has 0 bridgehead atoms. The molecule has 4 heterocycles. The van der Waals surface area contributed by atoms with Gasteiger partial charge in [0.15, 0.2) is 5.69 Å². The molecule has 32 heavy (non-hydrogen) atoms. The van der Waals surface area contributed by atoms with E-state index in [1.165, 1.54) is 13.3 Å². The number of H-pyrrole nitrogens is 1. The van der Waals surface area contributed by atoms with Gasteiger partial charge in [-0.25, -0.2) is 9.97 Å². The lowest BCUT2D eigenvalue weighted by Gasteiger charge is -2.30. The van der Waals surface area contributed by atoms with Crippen LogP contribution in [0.25, 0.3) is 11.3 Å². The largest absolute Gasteiger partial charge is 0.481 e. The van der Waals surface area contributed by atoms with E-state index in [0.29, 0.717) is 59.7 Å². The van der Waals surface area contributed by atoms with Crippen LogP contribution >= 0.6 is 11.6 Å². The van der Waals surface area contributed by atoms with Crippen LogP contribution in [-0.2, 0) is 11.8 Å². The second kappa shape index (κ2) is 8.99. The van der Waals surface area contributed by atoms with E-state index in [-0.39, 0.29) is 17.7 Å². The molecule has 1 aliphatic rings. The van der Waals surface area contributed by atoms with Crippen LogP contribution in [0.4, 0.5) is 5.95 Å². The monoisotopic (exact) mass is 457 g/mol. The van der Waals surface area contributed by atoms with Gasteiger partial charge in [-0.15, -0.1) is 0 Å². The second-order valence-electron chi connectivity index (χ2n) is 7.75. The fourth-order valence-corrected chi connectivity index (χ4v) is 3.96. The number of hydrogen-bond acceptors (Lipinski definition) is 6. The SMILES string of the molecule is COc1cc(-c2cc(C(=O)N3CCC(C(=O)Nc4nc(C)cn4C)CC3)n[nH]2)c(Cl)cn1. The molecule has 0 unspecified atom stereocenters. The van der Waals surface area contributed by atoms with Gasteiger partial charge in [-0.3, -0.25) is 20.0 Å². The van der Waals surface area contributed by atoms with Crippen LogP contribution in [0, 0.1) is 12.8 Å². The number of nitrogens with zero attached hydrogens (tertiary/aromatic N) is 5. The maximum atomic E-state index is 12.9. The quantitative estimate of drug-likeness (QED) is 0.608. The number of ether oxygens (including phenoxy) is 1. The number of carbonyl (C=O) groups excluding carboxylic acids is 2. The van der Waals surface area contributed by atoms with Crippen LogP contribution < -0.4 is 10.1 Å². The summed E-state index contributed by atoms with van der Waals surface area (Å²) in [7, 11) is 3.35. The second-order valence-corrected chi connectivity index (χ2v) is 8.15. The van der Waals surface area contributed by atoms with E-state index in [1.54, 1.807) is 21.6 Å². The average molecular weight is 458 g/mol. The number of piperidine rings is 1. The zero-order valence-corrected chi connectivity index (χ0v) is 18.8. The number of nitrogens with one attached hydrogen (secondary N) is 2. The zero-order chi connectivity index (χ0) is 22.8. The molecule has 2 N–H and O–H groups in total. The molecule has 1 aliphatic heterocycles. The molecule has 0 saturated carbocycles. The van der Waals surface area contributed by atoms with Crippen LogP contribution in [0.1, 0.15) is 29.0 Å². The number of rotatable bonds is 5. The van der Waals surface area contributed by atoms with Gasteiger partial charge in [-0.1, -0.05) is 11.6 Å². The Morgan fingerprint density at radius 3 is 2.69 bits per heavy atom. The van der Waals surface area contributed by atoms with Gasteiger partial charge in [-0.05, 0) is 25.8 Å². The maximum Gasteiger partial charge on any atom is 0.274 e. The van der Waals surface area contributed by atoms with Crippen molar-refractivity contribution in [2.24, 2.45) is 13.0 Å². The molecule has 1 fully saturated rings. The van der Waals surface area contributed by atoms with E-state index >= 15 is 0 Å². The highest BCUT2D eigenvalue weighted by Crippen LogP contribution is 2.29. The first kappa shape index (κ1) is 21.8. The summed E-state index contributed by atoms with van der Waals surface area (Å²) in [5, 5.41) is 10.3. The molecule has 3 aromatic rings. The van der Waals surface area contributed by atoms with Crippen LogP contribution in [0.5, 0.6) is 5.88 Å². The summed E-state index contributed by atoms with van der Waals surface area (Å²) in [5.41, 5.74) is 2.37. The Kier molecular flexibility index (Phi) is 6.13. The fraction of sp³-hybridized carbons (Fsp3) is 0.381. The summed E-state index contributed by atoms with van der Waals surface area (Å²) in [4.78, 5) is 35.6. The Morgan fingerprint density at radius 1 is 1.28 bits per heavy atom. The molecule has 0 spiro atoms. The van der Waals surface area contributed by atoms with Crippen molar-refractivity contribution in [1.82, 2.24) is 29.6 Å². The summed E-state index contributed by atoms with van der Waals surface area (Å²) in [6, 6.07) is 3.34. The predicted octanol–water partition coefficient (Wildman–Crippen LogP) is 2.67. The van der Waals surface area contributed by atoms with E-state index in [9.17, 15) is 9.59 Å². The molecule has 4 rings (SSSR count). The highest BCUT2D eigenvalue weighted by atomic mass is 35.5. The molecule has 0 aromatic carbocycles. The Balaban J connectivity index is 1.38. The summed E-state index contributed by atoms with van der Waals surface area (Å²) in [5.74, 6) is 0.501. The number of pyridine rings is 1. The highest BCUT2D eigenvalue weighted by molar-refractivity contribution is 6.33. The molecule has 10 nitrogen and oxygen atoms in total. The van der Waals surface area contributed by atoms with Crippen LogP contribution in [0.2, 0.25) is 5.02 Å². The summed E-state index contributed by atoms with van der Waals surface area (Å²) < 4.78 is 6.92. The zero-order valence-electron chi connectivity index (χ0n) is 18.1. The van der Waals surface area contributed by atoms with Crippen molar-refractivity contribution in [2.75, 3.05) is 25.5 Å². The van der Waals surface area contributed by atoms with E-state index in [2.05, 4.69) is 25.5 Å². The van der Waals surface area contributed by atoms with Crippen molar-refractivity contribution < 1.29 is 14.3 Å². The minimum atomic E-state index is -0.191. The van der Waals surface area contributed by atoms with Crippen molar-refractivity contribution in [3.05, 3.63) is 40.9 Å². The number of hydrogen-bond donors (Lipinski definition) is 2. The Morgan fingerprint density at radius 2 is 2.03 bits per heavy atom. The van der Waals surface area contributed by atoms with Crippen molar-refractivity contribution in [1.29, 1.82) is 0 Å². The topological polar surface area (TPSA) is 118 Å². The Labute approximate surface area is 189 Å². The van der Waals surface area contributed by atoms with Gasteiger partial charge < -0.3 is 14.2 Å². The van der Waals surface area contributed by atoms with Crippen molar-refractivity contribution >= 4 is 29.4 Å². The number of amides is 2. The first-order chi connectivity index (χ1) is 15.4. The molecular formula is C21H24ClN7O3. The lowest BCUT2D eigenvalue weighted by atomic mass is 9.95. The number of anilines is 1. The number of aryl methyl sites for hydroxylation is 2. The molecular weight excluding hydrogens is 434 g/mol. The van der Waals surface area contributed by atoms with Crippen LogP contribution in [-0.4, -0.2) is 61.6 Å². The molecule has 11 heteroatoms. The minimum absolute atomic E-state index is 0.0749. The Bertz CT molecular complexity index is 1150. The number of methoxy groups -OCH3 is 1. The third-order valence-electron chi connectivity index (χ3n) is 5.51. The first-order valence-electron chi connectivity index (χ1n) is 10.2. The van der Waals surface area contributed by atoms with E-state index < -0.39 is 0 Å². The first-order valence-corrected chi connectivity index (χ1v) is 10.6. The van der Waals surface area contributed by atoms with Gasteiger partial charge in [0.1, 0.15) is 0 Å². The van der Waals surface area contributed by atoms with Gasteiger partial charge in [0.25, 0.3) is 5.91 Å².